The van der Waals surface area contributed by atoms with Crippen molar-refractivity contribution in [3.63, 3.8) is 0 Å². The van der Waals surface area contributed by atoms with Crippen molar-refractivity contribution in [2.75, 3.05) is 10.8 Å². The molecule has 0 aliphatic carbocycles. The third kappa shape index (κ3) is 7.50. The molecule has 0 spiro atoms. The lowest BCUT2D eigenvalue weighted by Gasteiger charge is -2.32. The van der Waals surface area contributed by atoms with Gasteiger partial charge in [-0.15, -0.1) is 0 Å². The van der Waals surface area contributed by atoms with Crippen molar-refractivity contribution in [2.24, 2.45) is 0 Å². The molecule has 0 saturated carbocycles. The molecule has 3 aromatic rings. The van der Waals surface area contributed by atoms with E-state index in [1.54, 1.807) is 25.1 Å². The van der Waals surface area contributed by atoms with Crippen LogP contribution in [0.1, 0.15) is 26.3 Å². The van der Waals surface area contributed by atoms with Crippen molar-refractivity contribution < 1.29 is 18.0 Å². The first-order valence-corrected chi connectivity index (χ1v) is 14.8. The van der Waals surface area contributed by atoms with Crippen LogP contribution in [0.2, 0.25) is 10.0 Å². The lowest BCUT2D eigenvalue weighted by molar-refractivity contribution is -0.139. The maximum absolute atomic E-state index is 13.8. The zero-order valence-corrected chi connectivity index (χ0v) is 25.0. The van der Waals surface area contributed by atoms with Crippen molar-refractivity contribution in [3.05, 3.63) is 92.9 Å². The van der Waals surface area contributed by atoms with E-state index in [0.717, 1.165) is 14.3 Å². The number of rotatable bonds is 10. The third-order valence-corrected chi connectivity index (χ3v) is 8.66. The number of hydrogen-bond donors (Lipinski definition) is 1. The van der Waals surface area contributed by atoms with Gasteiger partial charge in [0.1, 0.15) is 12.6 Å². The van der Waals surface area contributed by atoms with E-state index in [2.05, 4.69) is 21.2 Å². The number of amides is 2. The molecule has 0 saturated heterocycles. The Kier molecular flexibility index (Phi) is 10.2. The predicted molar refractivity (Wildman–Crippen MR) is 155 cm³/mol. The summed E-state index contributed by atoms with van der Waals surface area (Å²) in [6.45, 7) is 4.78. The van der Waals surface area contributed by atoms with Gasteiger partial charge in [-0.1, -0.05) is 69.5 Å². The fourth-order valence-corrected chi connectivity index (χ4v) is 5.87. The van der Waals surface area contributed by atoms with Crippen molar-refractivity contribution in [1.29, 1.82) is 0 Å². The maximum atomic E-state index is 13.8. The molecule has 38 heavy (non-hydrogen) atoms. The Hall–Kier alpha value is -2.59. The number of hydrogen-bond acceptors (Lipinski definition) is 4. The summed E-state index contributed by atoms with van der Waals surface area (Å²) in [4.78, 5) is 28.1. The SMILES string of the molecule is CC(C)NC(=O)[C@@H](C)N(Cc1cccc(Br)c1)C(=O)CN(c1ccc(Cl)c(Cl)c1)S(=O)(=O)c1ccccc1. The number of benzene rings is 3. The summed E-state index contributed by atoms with van der Waals surface area (Å²) in [6, 6.07) is 18.5. The molecule has 11 heteroatoms. The normalized spacial score (nSPS) is 12.2. The largest absolute Gasteiger partial charge is 0.352 e. The zero-order valence-electron chi connectivity index (χ0n) is 21.1. The minimum atomic E-state index is -4.18. The van der Waals surface area contributed by atoms with Gasteiger partial charge in [-0.25, -0.2) is 8.42 Å². The van der Waals surface area contributed by atoms with E-state index in [9.17, 15) is 18.0 Å². The number of carbonyl (C=O) groups excluding carboxylic acids is 2. The van der Waals surface area contributed by atoms with Gasteiger partial charge in [-0.3, -0.25) is 13.9 Å². The standard InChI is InChI=1S/C27H28BrCl2N3O4S/c1-18(2)31-27(35)19(3)32(16-20-8-7-9-21(28)14-20)26(34)17-33(22-12-13-24(29)25(30)15-22)38(36,37)23-10-5-4-6-11-23/h4-15,18-19H,16-17H2,1-3H3,(H,31,35)/t19-/m1/s1. The van der Waals surface area contributed by atoms with Crippen LogP contribution in [0.25, 0.3) is 0 Å². The number of anilines is 1. The Labute approximate surface area is 241 Å². The average molecular weight is 641 g/mol. The second-order valence-corrected chi connectivity index (χ2v) is 12.5. The minimum absolute atomic E-state index is 0.00279. The predicted octanol–water partition coefficient (Wildman–Crippen LogP) is 5.89. The van der Waals surface area contributed by atoms with Gasteiger partial charge >= 0.3 is 0 Å². The first-order valence-electron chi connectivity index (χ1n) is 11.8. The van der Waals surface area contributed by atoms with Gasteiger partial charge in [-0.2, -0.15) is 0 Å². The van der Waals surface area contributed by atoms with E-state index in [1.807, 2.05) is 38.1 Å². The lowest BCUT2D eigenvalue weighted by atomic mass is 10.1. The topological polar surface area (TPSA) is 86.8 Å². The molecule has 1 N–H and O–H groups in total. The fraction of sp³-hybridized carbons (Fsp3) is 0.259. The molecule has 3 rings (SSSR count). The molecule has 0 aromatic heterocycles. The number of nitrogens with one attached hydrogen (secondary N) is 1. The van der Waals surface area contributed by atoms with E-state index < -0.39 is 28.5 Å². The van der Waals surface area contributed by atoms with Crippen LogP contribution in [0.5, 0.6) is 0 Å². The quantitative estimate of drug-likeness (QED) is 0.299. The van der Waals surface area contributed by atoms with Gasteiger partial charge in [0, 0.05) is 17.1 Å². The van der Waals surface area contributed by atoms with Crippen LogP contribution in [0.4, 0.5) is 5.69 Å². The second-order valence-electron chi connectivity index (χ2n) is 8.91. The van der Waals surface area contributed by atoms with E-state index >= 15 is 0 Å². The van der Waals surface area contributed by atoms with Crippen LogP contribution in [0.3, 0.4) is 0 Å². The molecule has 0 fully saturated rings. The van der Waals surface area contributed by atoms with Crippen molar-refractivity contribution in [3.8, 4) is 0 Å². The highest BCUT2D eigenvalue weighted by Gasteiger charge is 2.32. The zero-order chi connectivity index (χ0) is 28.0. The van der Waals surface area contributed by atoms with Gasteiger partial charge in [-0.05, 0) is 68.8 Å². The Morgan fingerprint density at radius 2 is 1.61 bits per heavy atom. The van der Waals surface area contributed by atoms with E-state index in [-0.39, 0.29) is 39.1 Å². The van der Waals surface area contributed by atoms with E-state index in [1.165, 1.54) is 35.2 Å². The summed E-state index contributed by atoms with van der Waals surface area (Å²) >= 11 is 15.7. The molecule has 0 aliphatic heterocycles. The Balaban J connectivity index is 2.05. The number of carbonyl (C=O) groups is 2. The highest BCUT2D eigenvalue weighted by Crippen LogP contribution is 2.31. The molecule has 202 valence electrons. The Bertz CT molecular complexity index is 1400. The third-order valence-electron chi connectivity index (χ3n) is 5.64. The number of halogens is 3. The van der Waals surface area contributed by atoms with Gasteiger partial charge in [0.05, 0.1) is 20.6 Å². The van der Waals surface area contributed by atoms with Gasteiger partial charge < -0.3 is 10.2 Å². The molecular weight excluding hydrogens is 613 g/mol. The van der Waals surface area contributed by atoms with Gasteiger partial charge in [0.15, 0.2) is 0 Å². The van der Waals surface area contributed by atoms with Crippen LogP contribution in [-0.4, -0.2) is 43.8 Å². The molecular formula is C27H28BrCl2N3O4S. The van der Waals surface area contributed by atoms with Crippen LogP contribution in [-0.2, 0) is 26.2 Å². The summed E-state index contributed by atoms with van der Waals surface area (Å²) in [7, 11) is -4.18. The van der Waals surface area contributed by atoms with Crippen molar-refractivity contribution >= 4 is 66.7 Å². The molecule has 2 amide bonds. The highest BCUT2D eigenvalue weighted by molar-refractivity contribution is 9.10. The second kappa shape index (κ2) is 13.0. The molecule has 0 bridgehead atoms. The van der Waals surface area contributed by atoms with Crippen molar-refractivity contribution in [2.45, 2.75) is 44.3 Å². The van der Waals surface area contributed by atoms with E-state index in [4.69, 9.17) is 23.2 Å². The van der Waals surface area contributed by atoms with E-state index in [0.29, 0.717) is 0 Å². The first kappa shape index (κ1) is 30.0. The Morgan fingerprint density at radius 3 is 2.21 bits per heavy atom. The monoisotopic (exact) mass is 639 g/mol. The highest BCUT2D eigenvalue weighted by atomic mass is 79.9. The Morgan fingerprint density at radius 1 is 0.921 bits per heavy atom. The maximum Gasteiger partial charge on any atom is 0.264 e. The average Bonchev–Trinajstić information content (AvgIpc) is 2.87. The molecule has 0 unspecified atom stereocenters. The van der Waals surface area contributed by atoms with Gasteiger partial charge in [0.25, 0.3) is 10.0 Å². The molecule has 3 aromatic carbocycles. The minimum Gasteiger partial charge on any atom is -0.352 e. The van der Waals surface area contributed by atoms with Crippen LogP contribution < -0.4 is 9.62 Å². The fourth-order valence-electron chi connectivity index (χ4n) is 3.71. The molecule has 0 aliphatic rings. The lowest BCUT2D eigenvalue weighted by Crippen LogP contribution is -2.52. The smallest absolute Gasteiger partial charge is 0.264 e. The summed E-state index contributed by atoms with van der Waals surface area (Å²) < 4.78 is 29.3. The van der Waals surface area contributed by atoms with Crippen molar-refractivity contribution in [1.82, 2.24) is 10.2 Å². The molecule has 0 heterocycles. The van der Waals surface area contributed by atoms with Crippen LogP contribution in [0, 0.1) is 0 Å². The summed E-state index contributed by atoms with van der Waals surface area (Å²) in [5.41, 5.74) is 0.933. The van der Waals surface area contributed by atoms with Crippen LogP contribution >= 0.6 is 39.1 Å². The molecule has 7 nitrogen and oxygen atoms in total. The number of sulfonamides is 1. The summed E-state index contributed by atoms with van der Waals surface area (Å²) in [5, 5.41) is 3.21. The molecule has 0 radical (unpaired) electrons. The first-order chi connectivity index (χ1) is 17.9. The summed E-state index contributed by atoms with van der Waals surface area (Å²) in [6.07, 6.45) is 0. The molecule has 1 atom stereocenters. The number of nitrogens with zero attached hydrogens (tertiary/aromatic N) is 2. The van der Waals surface area contributed by atoms with Gasteiger partial charge in [0.2, 0.25) is 11.8 Å². The van der Waals surface area contributed by atoms with Crippen LogP contribution in [0.15, 0.2) is 82.2 Å². The summed E-state index contributed by atoms with van der Waals surface area (Å²) in [5.74, 6) is -0.919.